The van der Waals surface area contributed by atoms with Gasteiger partial charge in [0.15, 0.2) is 5.96 Å². The van der Waals surface area contributed by atoms with Gasteiger partial charge < -0.3 is 20.0 Å². The standard InChI is InChI=1S/C22H25FN6.HI/c1-15-4-3-11-29-14-18(28-21(15)29)8-10-26-22(24-2)25-9-7-16-13-27-20-12-17(23)5-6-19(16)20;/h3-6,11-14,27H,7-10H2,1-2H3,(H2,24,25,26);1H. The molecule has 0 amide bonds. The molecule has 3 heterocycles. The van der Waals surface area contributed by atoms with Gasteiger partial charge in [0.2, 0.25) is 0 Å². The van der Waals surface area contributed by atoms with Crippen molar-refractivity contribution < 1.29 is 4.39 Å². The number of hydrogen-bond donors (Lipinski definition) is 3. The Labute approximate surface area is 192 Å². The zero-order valence-corrected chi connectivity index (χ0v) is 19.4. The molecule has 3 aromatic heterocycles. The molecule has 0 fully saturated rings. The lowest BCUT2D eigenvalue weighted by molar-refractivity contribution is 0.629. The summed E-state index contributed by atoms with van der Waals surface area (Å²) in [6.45, 7) is 3.55. The van der Waals surface area contributed by atoms with E-state index < -0.39 is 0 Å². The predicted molar refractivity (Wildman–Crippen MR) is 130 cm³/mol. The van der Waals surface area contributed by atoms with E-state index >= 15 is 0 Å². The Morgan fingerprint density at radius 1 is 1.20 bits per heavy atom. The van der Waals surface area contributed by atoms with Crippen molar-refractivity contribution in [1.82, 2.24) is 25.0 Å². The molecule has 0 aliphatic rings. The molecule has 0 bridgehead atoms. The molecule has 8 heteroatoms. The number of aryl methyl sites for hydroxylation is 1. The van der Waals surface area contributed by atoms with Crippen molar-refractivity contribution in [3.63, 3.8) is 0 Å². The Hall–Kier alpha value is -2.62. The summed E-state index contributed by atoms with van der Waals surface area (Å²) in [7, 11) is 1.76. The fraction of sp³-hybridized carbons (Fsp3) is 0.273. The molecule has 30 heavy (non-hydrogen) atoms. The van der Waals surface area contributed by atoms with Gasteiger partial charge in [-0.15, -0.1) is 24.0 Å². The topological polar surface area (TPSA) is 69.5 Å². The Morgan fingerprint density at radius 3 is 2.77 bits per heavy atom. The van der Waals surface area contributed by atoms with E-state index in [9.17, 15) is 4.39 Å². The van der Waals surface area contributed by atoms with Crippen molar-refractivity contribution >= 4 is 46.5 Å². The molecule has 3 N–H and O–H groups in total. The summed E-state index contributed by atoms with van der Waals surface area (Å²) in [4.78, 5) is 12.1. The highest BCUT2D eigenvalue weighted by molar-refractivity contribution is 14.0. The molecule has 4 aromatic rings. The number of H-pyrrole nitrogens is 1. The van der Waals surface area contributed by atoms with E-state index in [4.69, 9.17) is 4.98 Å². The van der Waals surface area contributed by atoms with Gasteiger partial charge in [0.1, 0.15) is 11.5 Å². The average molecular weight is 520 g/mol. The van der Waals surface area contributed by atoms with Crippen LogP contribution in [0.1, 0.15) is 16.8 Å². The highest BCUT2D eigenvalue weighted by Gasteiger charge is 2.06. The number of aromatic nitrogens is 3. The molecule has 0 spiro atoms. The van der Waals surface area contributed by atoms with E-state index in [1.807, 2.05) is 24.5 Å². The Morgan fingerprint density at radius 2 is 2.00 bits per heavy atom. The third-order valence-corrected chi connectivity index (χ3v) is 5.04. The van der Waals surface area contributed by atoms with Gasteiger partial charge in [-0.2, -0.15) is 0 Å². The predicted octanol–water partition coefficient (Wildman–Crippen LogP) is 3.83. The van der Waals surface area contributed by atoms with Crippen LogP contribution in [-0.4, -0.2) is 40.5 Å². The lowest BCUT2D eigenvalue weighted by Gasteiger charge is -2.11. The van der Waals surface area contributed by atoms with Crippen molar-refractivity contribution in [1.29, 1.82) is 0 Å². The van der Waals surface area contributed by atoms with Crippen molar-refractivity contribution in [3.05, 3.63) is 71.6 Å². The second-order valence-corrected chi connectivity index (χ2v) is 7.08. The molecule has 6 nitrogen and oxygen atoms in total. The highest BCUT2D eigenvalue weighted by atomic mass is 127. The smallest absolute Gasteiger partial charge is 0.190 e. The van der Waals surface area contributed by atoms with Crippen LogP contribution in [0.5, 0.6) is 0 Å². The van der Waals surface area contributed by atoms with Crippen molar-refractivity contribution in [3.8, 4) is 0 Å². The number of guanidine groups is 1. The molecule has 0 aliphatic carbocycles. The molecule has 158 valence electrons. The van der Waals surface area contributed by atoms with Gasteiger partial charge in [-0.05, 0) is 48.7 Å². The minimum Gasteiger partial charge on any atom is -0.361 e. The largest absolute Gasteiger partial charge is 0.361 e. The number of aliphatic imine (C=N–C) groups is 1. The summed E-state index contributed by atoms with van der Waals surface area (Å²) < 4.78 is 15.4. The van der Waals surface area contributed by atoms with Crippen LogP contribution in [0.25, 0.3) is 16.6 Å². The second kappa shape index (κ2) is 9.92. The highest BCUT2D eigenvalue weighted by Crippen LogP contribution is 2.19. The fourth-order valence-corrected chi connectivity index (χ4v) is 3.54. The SMILES string of the molecule is CN=C(NCCc1cn2cccc(C)c2n1)NCCc1c[nH]c2cc(F)ccc12.I. The number of fused-ring (bicyclic) bond motifs is 2. The third-order valence-electron chi connectivity index (χ3n) is 5.04. The van der Waals surface area contributed by atoms with Gasteiger partial charge in [-0.3, -0.25) is 4.99 Å². The second-order valence-electron chi connectivity index (χ2n) is 7.08. The van der Waals surface area contributed by atoms with Crippen molar-refractivity contribution in [2.45, 2.75) is 19.8 Å². The first-order chi connectivity index (χ1) is 14.1. The number of aromatic amines is 1. The van der Waals surface area contributed by atoms with E-state index in [1.165, 1.54) is 17.7 Å². The lowest BCUT2D eigenvalue weighted by atomic mass is 10.1. The van der Waals surface area contributed by atoms with E-state index in [2.05, 4.69) is 44.2 Å². The number of rotatable bonds is 6. The fourth-order valence-electron chi connectivity index (χ4n) is 3.54. The van der Waals surface area contributed by atoms with Gasteiger partial charge >= 0.3 is 0 Å². The molecule has 0 unspecified atom stereocenters. The molecule has 4 rings (SSSR count). The van der Waals surface area contributed by atoms with Crippen LogP contribution in [-0.2, 0) is 12.8 Å². The first kappa shape index (κ1) is 22.1. The number of pyridine rings is 1. The maximum Gasteiger partial charge on any atom is 0.190 e. The molecule has 0 aliphatic heterocycles. The minimum absolute atomic E-state index is 0. The number of benzene rings is 1. The first-order valence-electron chi connectivity index (χ1n) is 9.77. The maximum absolute atomic E-state index is 13.3. The monoisotopic (exact) mass is 520 g/mol. The Bertz CT molecular complexity index is 1160. The summed E-state index contributed by atoms with van der Waals surface area (Å²) in [5, 5.41) is 7.72. The summed E-state index contributed by atoms with van der Waals surface area (Å²) >= 11 is 0. The molecule has 0 atom stereocenters. The number of nitrogens with zero attached hydrogens (tertiary/aromatic N) is 3. The third kappa shape index (κ3) is 4.92. The normalized spacial score (nSPS) is 11.6. The molecule has 0 saturated heterocycles. The number of imidazole rings is 1. The molecule has 0 saturated carbocycles. The van der Waals surface area contributed by atoms with E-state index in [-0.39, 0.29) is 29.8 Å². The van der Waals surface area contributed by atoms with Gasteiger partial charge in [-0.1, -0.05) is 6.07 Å². The van der Waals surface area contributed by atoms with Gasteiger partial charge in [0.05, 0.1) is 5.69 Å². The summed E-state index contributed by atoms with van der Waals surface area (Å²) in [5.41, 5.74) is 5.20. The molecule has 1 aromatic carbocycles. The number of hydrogen-bond acceptors (Lipinski definition) is 2. The number of nitrogens with one attached hydrogen (secondary N) is 3. The van der Waals surface area contributed by atoms with E-state index in [0.717, 1.165) is 59.7 Å². The van der Waals surface area contributed by atoms with Crippen LogP contribution in [0.4, 0.5) is 4.39 Å². The zero-order chi connectivity index (χ0) is 20.2. The number of halogens is 2. The van der Waals surface area contributed by atoms with Crippen molar-refractivity contribution in [2.75, 3.05) is 20.1 Å². The first-order valence-corrected chi connectivity index (χ1v) is 9.77. The maximum atomic E-state index is 13.3. The van der Waals surface area contributed by atoms with Crippen LogP contribution in [0.15, 0.2) is 53.9 Å². The van der Waals surface area contributed by atoms with Crippen LogP contribution in [0.2, 0.25) is 0 Å². The van der Waals surface area contributed by atoms with E-state index in [0.29, 0.717) is 0 Å². The van der Waals surface area contributed by atoms with Crippen LogP contribution in [0.3, 0.4) is 0 Å². The molecular formula is C22H26FIN6. The van der Waals surface area contributed by atoms with Gasteiger partial charge in [0.25, 0.3) is 0 Å². The van der Waals surface area contributed by atoms with Crippen LogP contribution >= 0.6 is 24.0 Å². The van der Waals surface area contributed by atoms with Crippen LogP contribution in [0, 0.1) is 12.7 Å². The zero-order valence-electron chi connectivity index (χ0n) is 17.1. The summed E-state index contributed by atoms with van der Waals surface area (Å²) in [5.74, 6) is 0.533. The summed E-state index contributed by atoms with van der Waals surface area (Å²) in [6.07, 6.45) is 7.66. The summed E-state index contributed by atoms with van der Waals surface area (Å²) in [6, 6.07) is 8.93. The Balaban J connectivity index is 0.00000256. The Kier molecular flexibility index (Phi) is 7.30. The average Bonchev–Trinajstić information content (AvgIpc) is 3.31. The van der Waals surface area contributed by atoms with E-state index in [1.54, 1.807) is 7.05 Å². The lowest BCUT2D eigenvalue weighted by Crippen LogP contribution is -2.39. The molecular weight excluding hydrogens is 494 g/mol. The van der Waals surface area contributed by atoms with Crippen LogP contribution < -0.4 is 10.6 Å². The minimum atomic E-state index is -0.227. The molecule has 0 radical (unpaired) electrons. The quantitative estimate of drug-likeness (QED) is 0.206. The van der Waals surface area contributed by atoms with Gasteiger partial charge in [-0.25, -0.2) is 9.37 Å². The van der Waals surface area contributed by atoms with Gasteiger partial charge in [0, 0.05) is 56.1 Å². The van der Waals surface area contributed by atoms with Crippen molar-refractivity contribution in [2.24, 2.45) is 4.99 Å².